The van der Waals surface area contributed by atoms with Crippen LogP contribution in [0.5, 0.6) is 5.75 Å². The average molecular weight is 379 g/mol. The van der Waals surface area contributed by atoms with Crippen molar-refractivity contribution < 1.29 is 9.53 Å². The van der Waals surface area contributed by atoms with Gasteiger partial charge in [0.05, 0.1) is 6.10 Å². The molecule has 2 atom stereocenters. The van der Waals surface area contributed by atoms with E-state index < -0.39 is 0 Å². The minimum absolute atomic E-state index is 0. The highest BCUT2D eigenvalue weighted by atomic mass is 35.5. The van der Waals surface area contributed by atoms with E-state index in [0.717, 1.165) is 75.0 Å². The molecular formula is C21H31ClN2O2. The number of halogens is 1. The smallest absolute Gasteiger partial charge is 0.253 e. The van der Waals surface area contributed by atoms with Gasteiger partial charge in [0, 0.05) is 18.7 Å². The summed E-state index contributed by atoms with van der Waals surface area (Å²) in [7, 11) is 0. The fraction of sp³-hybridized carbons (Fsp3) is 0.667. The van der Waals surface area contributed by atoms with Crippen LogP contribution in [0.4, 0.5) is 0 Å². The van der Waals surface area contributed by atoms with Crippen LogP contribution in [0.1, 0.15) is 55.3 Å². The van der Waals surface area contributed by atoms with E-state index in [4.69, 9.17) is 4.74 Å². The number of nitrogens with one attached hydrogen (secondary N) is 1. The van der Waals surface area contributed by atoms with Crippen LogP contribution >= 0.6 is 12.4 Å². The first kappa shape index (κ1) is 19.5. The van der Waals surface area contributed by atoms with E-state index in [1.165, 1.54) is 19.3 Å². The molecule has 5 heteroatoms. The Balaban J connectivity index is 0.00000196. The third-order valence-corrected chi connectivity index (χ3v) is 6.24. The van der Waals surface area contributed by atoms with Crippen molar-refractivity contribution in [2.45, 2.75) is 51.0 Å². The number of ether oxygens (including phenoxy) is 1. The molecule has 0 aromatic heterocycles. The zero-order chi connectivity index (χ0) is 17.1. The summed E-state index contributed by atoms with van der Waals surface area (Å²) in [6, 6.07) is 7.83. The maximum Gasteiger partial charge on any atom is 0.253 e. The molecule has 2 heterocycles. The van der Waals surface area contributed by atoms with Crippen LogP contribution < -0.4 is 10.1 Å². The van der Waals surface area contributed by atoms with E-state index >= 15 is 0 Å². The quantitative estimate of drug-likeness (QED) is 0.867. The van der Waals surface area contributed by atoms with Crippen LogP contribution in [0.2, 0.25) is 0 Å². The molecule has 0 spiro atoms. The maximum atomic E-state index is 13.0. The SMILES string of the molecule is Cl.O=C(c1cccc(OC2CCCCC2)c1)N1CC[C@@H]2CNC[C@@H]2CC1. The van der Waals surface area contributed by atoms with Crippen LogP contribution in [0.15, 0.2) is 24.3 Å². The molecule has 2 aliphatic heterocycles. The summed E-state index contributed by atoms with van der Waals surface area (Å²) in [4.78, 5) is 15.0. The lowest BCUT2D eigenvalue weighted by Gasteiger charge is -2.24. The van der Waals surface area contributed by atoms with Gasteiger partial charge >= 0.3 is 0 Å². The number of benzene rings is 1. The second-order valence-corrected chi connectivity index (χ2v) is 7.95. The molecular weight excluding hydrogens is 348 g/mol. The summed E-state index contributed by atoms with van der Waals surface area (Å²) in [5.41, 5.74) is 0.776. The average Bonchev–Trinajstić information content (AvgIpc) is 3.01. The normalized spacial score (nSPS) is 26.5. The first-order valence-electron chi connectivity index (χ1n) is 10.1. The molecule has 1 aromatic rings. The van der Waals surface area contributed by atoms with Gasteiger partial charge < -0.3 is 15.0 Å². The molecule has 1 aliphatic carbocycles. The molecule has 1 amide bonds. The van der Waals surface area contributed by atoms with Crippen LogP contribution in [0.25, 0.3) is 0 Å². The van der Waals surface area contributed by atoms with Crippen LogP contribution in [0, 0.1) is 11.8 Å². The Kier molecular flexibility index (Phi) is 6.82. The highest BCUT2D eigenvalue weighted by Gasteiger charge is 2.31. The molecule has 4 rings (SSSR count). The fourth-order valence-electron chi connectivity index (χ4n) is 4.68. The summed E-state index contributed by atoms with van der Waals surface area (Å²) >= 11 is 0. The van der Waals surface area contributed by atoms with Gasteiger partial charge in [-0.2, -0.15) is 0 Å². The van der Waals surface area contributed by atoms with Gasteiger partial charge in [0.2, 0.25) is 0 Å². The van der Waals surface area contributed by atoms with Crippen LogP contribution in [-0.4, -0.2) is 43.1 Å². The van der Waals surface area contributed by atoms with Gasteiger partial charge in [-0.25, -0.2) is 0 Å². The molecule has 0 radical (unpaired) electrons. The summed E-state index contributed by atoms with van der Waals surface area (Å²) in [6.45, 7) is 4.01. The number of fused-ring (bicyclic) bond motifs is 1. The summed E-state index contributed by atoms with van der Waals surface area (Å²) in [6.07, 6.45) is 8.70. The van der Waals surface area contributed by atoms with Crippen LogP contribution in [0.3, 0.4) is 0 Å². The molecule has 2 saturated heterocycles. The van der Waals surface area contributed by atoms with Crippen molar-refractivity contribution in [3.63, 3.8) is 0 Å². The van der Waals surface area contributed by atoms with E-state index in [1.807, 2.05) is 24.3 Å². The molecule has 3 fully saturated rings. The molecule has 26 heavy (non-hydrogen) atoms. The monoisotopic (exact) mass is 378 g/mol. The minimum atomic E-state index is 0. The number of likely N-dealkylation sites (tertiary alicyclic amines) is 1. The lowest BCUT2D eigenvalue weighted by Crippen LogP contribution is -2.32. The van der Waals surface area contributed by atoms with Gasteiger partial charge in [0.1, 0.15) is 5.75 Å². The summed E-state index contributed by atoms with van der Waals surface area (Å²) in [5.74, 6) is 2.52. The molecule has 3 aliphatic rings. The van der Waals surface area contributed by atoms with Crippen molar-refractivity contribution in [2.24, 2.45) is 11.8 Å². The van der Waals surface area contributed by atoms with E-state index in [1.54, 1.807) is 0 Å². The van der Waals surface area contributed by atoms with Crippen molar-refractivity contribution in [1.82, 2.24) is 10.2 Å². The maximum absolute atomic E-state index is 13.0. The topological polar surface area (TPSA) is 41.6 Å². The van der Waals surface area contributed by atoms with Crippen molar-refractivity contribution >= 4 is 18.3 Å². The predicted molar refractivity (Wildman–Crippen MR) is 106 cm³/mol. The molecule has 1 N–H and O–H groups in total. The first-order valence-corrected chi connectivity index (χ1v) is 10.1. The number of hydrogen-bond donors (Lipinski definition) is 1. The summed E-state index contributed by atoms with van der Waals surface area (Å²) < 4.78 is 6.14. The standard InChI is InChI=1S/C21H30N2O2.ClH/c24-21(23-11-9-17-14-22-15-18(17)10-12-23)16-5-4-8-20(13-16)25-19-6-2-1-3-7-19;/h4-5,8,13,17-19,22H,1-3,6-7,9-12,14-15H2;1H/t17-,18+;. The number of amides is 1. The second kappa shape index (κ2) is 9.09. The predicted octanol–water partition coefficient (Wildman–Crippen LogP) is 3.89. The third-order valence-electron chi connectivity index (χ3n) is 6.24. The Morgan fingerprint density at radius 3 is 2.38 bits per heavy atom. The van der Waals surface area contributed by atoms with Gasteiger partial charge in [-0.1, -0.05) is 12.5 Å². The lowest BCUT2D eigenvalue weighted by atomic mass is 9.92. The van der Waals surface area contributed by atoms with E-state index in [9.17, 15) is 4.79 Å². The number of rotatable bonds is 3. The lowest BCUT2D eigenvalue weighted by molar-refractivity contribution is 0.0757. The fourth-order valence-corrected chi connectivity index (χ4v) is 4.68. The number of hydrogen-bond acceptors (Lipinski definition) is 3. The Morgan fingerprint density at radius 2 is 1.69 bits per heavy atom. The zero-order valence-electron chi connectivity index (χ0n) is 15.5. The summed E-state index contributed by atoms with van der Waals surface area (Å²) in [5, 5.41) is 3.49. The highest BCUT2D eigenvalue weighted by Crippen LogP contribution is 2.28. The highest BCUT2D eigenvalue weighted by molar-refractivity contribution is 5.94. The Labute approximate surface area is 163 Å². The van der Waals surface area contributed by atoms with Crippen molar-refractivity contribution in [3.05, 3.63) is 29.8 Å². The van der Waals surface area contributed by atoms with Gasteiger partial charge in [-0.15, -0.1) is 12.4 Å². The van der Waals surface area contributed by atoms with Crippen molar-refractivity contribution in [2.75, 3.05) is 26.2 Å². The molecule has 144 valence electrons. The van der Waals surface area contributed by atoms with E-state index in [-0.39, 0.29) is 18.3 Å². The Hall–Kier alpha value is -1.26. The largest absolute Gasteiger partial charge is 0.490 e. The number of carbonyl (C=O) groups excluding carboxylic acids is 1. The van der Waals surface area contributed by atoms with Gasteiger partial charge in [0.15, 0.2) is 0 Å². The van der Waals surface area contributed by atoms with E-state index in [2.05, 4.69) is 10.2 Å². The molecule has 0 bridgehead atoms. The first-order chi connectivity index (χ1) is 12.3. The molecule has 0 unspecified atom stereocenters. The zero-order valence-corrected chi connectivity index (χ0v) is 16.3. The Bertz CT molecular complexity index is 589. The Morgan fingerprint density at radius 1 is 1.00 bits per heavy atom. The third kappa shape index (κ3) is 4.52. The molecule has 1 saturated carbocycles. The number of nitrogens with zero attached hydrogens (tertiary/aromatic N) is 1. The second-order valence-electron chi connectivity index (χ2n) is 7.95. The van der Waals surface area contributed by atoms with Crippen molar-refractivity contribution in [1.29, 1.82) is 0 Å². The van der Waals surface area contributed by atoms with Crippen LogP contribution in [-0.2, 0) is 0 Å². The number of carbonyl (C=O) groups is 1. The van der Waals surface area contributed by atoms with E-state index in [0.29, 0.717) is 6.10 Å². The van der Waals surface area contributed by atoms with Crippen molar-refractivity contribution in [3.8, 4) is 5.75 Å². The minimum Gasteiger partial charge on any atom is -0.490 e. The molecule has 4 nitrogen and oxygen atoms in total. The van der Waals surface area contributed by atoms with Gasteiger partial charge in [-0.05, 0) is 81.6 Å². The molecule has 1 aromatic carbocycles. The van der Waals surface area contributed by atoms with Gasteiger partial charge in [-0.3, -0.25) is 4.79 Å². The van der Waals surface area contributed by atoms with Gasteiger partial charge in [0.25, 0.3) is 5.91 Å².